The molecule has 0 aliphatic carbocycles. The molecule has 0 aliphatic heterocycles. The van der Waals surface area contributed by atoms with E-state index in [4.69, 9.17) is 53.1 Å². The van der Waals surface area contributed by atoms with Crippen molar-refractivity contribution < 1.29 is 47.4 Å². The van der Waals surface area contributed by atoms with Gasteiger partial charge in [0, 0.05) is 0 Å². The Morgan fingerprint density at radius 2 is 0.690 bits per heavy atom. The van der Waals surface area contributed by atoms with Crippen molar-refractivity contribution in [2.24, 2.45) is 0 Å². The van der Waals surface area contributed by atoms with Gasteiger partial charge in [-0.3, -0.25) is 0 Å². The second-order valence-electron chi connectivity index (χ2n) is 8.82. The number of nitrogens with two attached hydrogens (primary N) is 1. The molecule has 11 nitrogen and oxygen atoms in total. The van der Waals surface area contributed by atoms with Crippen molar-refractivity contribution in [3.05, 3.63) is 60.2 Å². The van der Waals surface area contributed by atoms with Crippen LogP contribution >= 0.6 is 0 Å². The van der Waals surface area contributed by atoms with E-state index in [-0.39, 0.29) is 0 Å². The summed E-state index contributed by atoms with van der Waals surface area (Å²) >= 11 is 0. The smallest absolute Gasteiger partial charge is 0.142 e. The van der Waals surface area contributed by atoms with Crippen molar-refractivity contribution in [3.8, 4) is 5.75 Å². The molecule has 0 saturated carbocycles. The Morgan fingerprint density at radius 3 is 1.10 bits per heavy atom. The van der Waals surface area contributed by atoms with E-state index in [1.54, 1.807) is 6.07 Å². The van der Waals surface area contributed by atoms with Crippen LogP contribution < -0.4 is 10.5 Å². The quantitative estimate of drug-likeness (QED) is 0.106. The zero-order chi connectivity index (χ0) is 29.6. The molecule has 0 aromatic heterocycles. The molecule has 238 valence electrons. The normalized spacial score (nSPS) is 11.2. The van der Waals surface area contributed by atoms with Crippen molar-refractivity contribution in [1.82, 2.24) is 0 Å². The summed E-state index contributed by atoms with van der Waals surface area (Å²) in [6.07, 6.45) is 0. The standard InChI is InChI=1S/C31H49NO10/c32-30-8-4-5-9-31(30)42-27-26-40-23-22-38-19-18-36-15-14-34-11-10-33-12-13-35-16-17-37-20-21-39-24-25-41-28-29-6-2-1-3-7-29/h1-9H,10-28,32H2. The predicted octanol–water partition coefficient (Wildman–Crippen LogP) is 3.00. The summed E-state index contributed by atoms with van der Waals surface area (Å²) in [4.78, 5) is 0. The molecule has 42 heavy (non-hydrogen) atoms. The molecule has 0 spiro atoms. The van der Waals surface area contributed by atoms with Gasteiger partial charge in [-0.15, -0.1) is 0 Å². The minimum atomic E-state index is 0.441. The molecule has 0 unspecified atom stereocenters. The lowest BCUT2D eigenvalue weighted by molar-refractivity contribution is -0.0257. The van der Waals surface area contributed by atoms with Crippen LogP contribution in [0.4, 0.5) is 5.69 Å². The third-order valence-corrected chi connectivity index (χ3v) is 5.49. The fourth-order valence-electron chi connectivity index (χ4n) is 3.35. The van der Waals surface area contributed by atoms with E-state index >= 15 is 0 Å². The van der Waals surface area contributed by atoms with Gasteiger partial charge in [-0.05, 0) is 17.7 Å². The van der Waals surface area contributed by atoms with Crippen LogP contribution in [-0.2, 0) is 49.2 Å². The Labute approximate surface area is 250 Å². The summed E-state index contributed by atoms with van der Waals surface area (Å²) in [7, 11) is 0. The first-order chi connectivity index (χ1) is 20.9. The monoisotopic (exact) mass is 595 g/mol. The molecule has 2 aromatic carbocycles. The van der Waals surface area contributed by atoms with Crippen LogP contribution in [0.15, 0.2) is 54.6 Å². The van der Waals surface area contributed by atoms with Crippen LogP contribution in [0.2, 0.25) is 0 Å². The zero-order valence-corrected chi connectivity index (χ0v) is 24.8. The number of rotatable bonds is 30. The third-order valence-electron chi connectivity index (χ3n) is 5.49. The molecule has 0 saturated heterocycles. The number of hydrogen-bond donors (Lipinski definition) is 1. The SMILES string of the molecule is Nc1ccccc1OCCOCCOCCOCCOCCOCCOCCOCCOCCOCc1ccccc1. The lowest BCUT2D eigenvalue weighted by Crippen LogP contribution is -2.15. The highest BCUT2D eigenvalue weighted by Gasteiger charge is 1.99. The summed E-state index contributed by atoms with van der Waals surface area (Å²) in [6.45, 7) is 9.84. The van der Waals surface area contributed by atoms with Gasteiger partial charge < -0.3 is 53.1 Å². The molecule has 11 heteroatoms. The largest absolute Gasteiger partial charge is 0.489 e. The minimum Gasteiger partial charge on any atom is -0.489 e. The Morgan fingerprint density at radius 1 is 0.357 bits per heavy atom. The zero-order valence-electron chi connectivity index (χ0n) is 24.8. The topological polar surface area (TPSA) is 118 Å². The van der Waals surface area contributed by atoms with Gasteiger partial charge in [-0.1, -0.05) is 42.5 Å². The van der Waals surface area contributed by atoms with E-state index < -0.39 is 0 Å². The lowest BCUT2D eigenvalue weighted by Gasteiger charge is -2.09. The summed E-state index contributed by atoms with van der Waals surface area (Å²) < 4.78 is 54.9. The number of anilines is 1. The fourth-order valence-corrected chi connectivity index (χ4v) is 3.35. The van der Waals surface area contributed by atoms with Crippen LogP contribution in [-0.4, -0.2) is 119 Å². The van der Waals surface area contributed by atoms with E-state index in [1.807, 2.05) is 48.5 Å². The van der Waals surface area contributed by atoms with E-state index in [9.17, 15) is 0 Å². The van der Waals surface area contributed by atoms with E-state index in [1.165, 1.54) is 0 Å². The van der Waals surface area contributed by atoms with Gasteiger partial charge in [0.15, 0.2) is 0 Å². The molecule has 0 bridgehead atoms. The molecule has 0 atom stereocenters. The van der Waals surface area contributed by atoms with E-state index in [0.717, 1.165) is 5.56 Å². The van der Waals surface area contributed by atoms with Crippen LogP contribution in [0, 0.1) is 0 Å². The van der Waals surface area contributed by atoms with Gasteiger partial charge in [0.2, 0.25) is 0 Å². The van der Waals surface area contributed by atoms with Gasteiger partial charge in [-0.2, -0.15) is 0 Å². The average molecular weight is 596 g/mol. The van der Waals surface area contributed by atoms with Gasteiger partial charge in [-0.25, -0.2) is 0 Å². The number of nitrogen functional groups attached to an aromatic ring is 1. The maximum atomic E-state index is 5.81. The predicted molar refractivity (Wildman–Crippen MR) is 159 cm³/mol. The second kappa shape index (κ2) is 27.5. The molecule has 0 heterocycles. The Kier molecular flexibility index (Phi) is 23.5. The number of ether oxygens (including phenoxy) is 10. The Balaban J connectivity index is 1.16. The summed E-state index contributed by atoms with van der Waals surface area (Å²) in [5, 5.41) is 0. The van der Waals surface area contributed by atoms with E-state index in [0.29, 0.717) is 137 Å². The molecular weight excluding hydrogens is 546 g/mol. The highest BCUT2D eigenvalue weighted by Crippen LogP contribution is 2.19. The third kappa shape index (κ3) is 21.4. The first-order valence-corrected chi connectivity index (χ1v) is 14.6. The average Bonchev–Trinajstić information content (AvgIpc) is 3.01. The number of para-hydroxylation sites is 2. The van der Waals surface area contributed by atoms with Crippen LogP contribution in [0.5, 0.6) is 5.75 Å². The number of benzene rings is 2. The van der Waals surface area contributed by atoms with Gasteiger partial charge in [0.1, 0.15) is 12.4 Å². The molecule has 2 aromatic rings. The van der Waals surface area contributed by atoms with Gasteiger partial charge >= 0.3 is 0 Å². The molecule has 2 N–H and O–H groups in total. The highest BCUT2D eigenvalue weighted by molar-refractivity contribution is 5.51. The van der Waals surface area contributed by atoms with Crippen LogP contribution in [0.1, 0.15) is 5.56 Å². The Hall–Kier alpha value is -2.32. The van der Waals surface area contributed by atoms with Gasteiger partial charge in [0.25, 0.3) is 0 Å². The highest BCUT2D eigenvalue weighted by atomic mass is 16.6. The first kappa shape index (κ1) is 35.9. The minimum absolute atomic E-state index is 0.441. The number of hydrogen-bond acceptors (Lipinski definition) is 11. The van der Waals surface area contributed by atoms with Crippen LogP contribution in [0.3, 0.4) is 0 Å². The maximum absolute atomic E-state index is 5.81. The van der Waals surface area contributed by atoms with Crippen molar-refractivity contribution in [2.45, 2.75) is 6.61 Å². The first-order valence-electron chi connectivity index (χ1n) is 14.6. The summed E-state index contributed by atoms with van der Waals surface area (Å²) in [5.74, 6) is 0.671. The van der Waals surface area contributed by atoms with Crippen LogP contribution in [0.25, 0.3) is 0 Å². The second-order valence-corrected chi connectivity index (χ2v) is 8.82. The lowest BCUT2D eigenvalue weighted by atomic mass is 10.2. The van der Waals surface area contributed by atoms with Crippen molar-refractivity contribution in [1.29, 1.82) is 0 Å². The molecule has 2 rings (SSSR count). The fraction of sp³-hybridized carbons (Fsp3) is 0.613. The van der Waals surface area contributed by atoms with Crippen molar-refractivity contribution >= 4 is 5.69 Å². The molecular formula is C31H49NO10. The molecule has 0 amide bonds. The van der Waals surface area contributed by atoms with Crippen molar-refractivity contribution in [3.63, 3.8) is 0 Å². The van der Waals surface area contributed by atoms with E-state index in [2.05, 4.69) is 0 Å². The summed E-state index contributed by atoms with van der Waals surface area (Å²) in [5.41, 5.74) is 7.59. The van der Waals surface area contributed by atoms with Crippen molar-refractivity contribution in [2.75, 3.05) is 125 Å². The maximum Gasteiger partial charge on any atom is 0.142 e. The summed E-state index contributed by atoms with van der Waals surface area (Å²) in [6, 6.07) is 17.5. The van der Waals surface area contributed by atoms with Gasteiger partial charge in [0.05, 0.1) is 125 Å². The molecule has 0 radical (unpaired) electrons. The Bertz CT molecular complexity index is 845. The molecule has 0 aliphatic rings. The molecule has 0 fully saturated rings.